The summed E-state index contributed by atoms with van der Waals surface area (Å²) in [5.74, 6) is 1.58. The minimum Gasteiger partial charge on any atom is -0.496 e. The van der Waals surface area contributed by atoms with Crippen LogP contribution in [0.15, 0.2) is 22.8 Å². The van der Waals surface area contributed by atoms with Gasteiger partial charge in [0.25, 0.3) is 0 Å². The Balaban J connectivity index is 2.61. The molecule has 0 saturated heterocycles. The van der Waals surface area contributed by atoms with E-state index in [0.717, 1.165) is 33.9 Å². The molecule has 104 valence electrons. The summed E-state index contributed by atoms with van der Waals surface area (Å²) in [7, 11) is 3.57. The number of aryl methyl sites for hydroxylation is 1. The van der Waals surface area contributed by atoms with E-state index in [1.807, 2.05) is 17.7 Å². The molecule has 1 heterocycles. The molecular weight excluding hydrogens is 318 g/mol. The number of ether oxygens (including phenoxy) is 1. The first-order valence-electron chi connectivity index (χ1n) is 6.37. The van der Waals surface area contributed by atoms with Gasteiger partial charge in [0, 0.05) is 7.05 Å². The molecule has 0 spiro atoms. The molecule has 0 N–H and O–H groups in total. The summed E-state index contributed by atoms with van der Waals surface area (Å²) in [6.45, 7) is 2.11. The Labute approximate surface area is 127 Å². The van der Waals surface area contributed by atoms with Crippen molar-refractivity contribution in [3.05, 3.63) is 34.1 Å². The summed E-state index contributed by atoms with van der Waals surface area (Å²) in [5, 5.41) is 8.85. The van der Waals surface area contributed by atoms with Crippen LogP contribution < -0.4 is 4.74 Å². The number of aromatic nitrogens is 2. The van der Waals surface area contributed by atoms with Crippen LogP contribution in [0, 0.1) is 11.3 Å². The number of benzene rings is 1. The van der Waals surface area contributed by atoms with Gasteiger partial charge in [0.2, 0.25) is 0 Å². The van der Waals surface area contributed by atoms with Gasteiger partial charge in [-0.05, 0) is 40.0 Å². The molecule has 0 saturated carbocycles. The van der Waals surface area contributed by atoms with E-state index in [1.54, 1.807) is 7.11 Å². The Morgan fingerprint density at radius 3 is 2.80 bits per heavy atom. The predicted molar refractivity (Wildman–Crippen MR) is 81.6 cm³/mol. The first-order chi connectivity index (χ1) is 9.62. The molecule has 0 aliphatic heterocycles. The van der Waals surface area contributed by atoms with Gasteiger partial charge in [0.15, 0.2) is 0 Å². The number of hydrogen-bond donors (Lipinski definition) is 0. The molecule has 0 radical (unpaired) electrons. The van der Waals surface area contributed by atoms with Gasteiger partial charge < -0.3 is 9.30 Å². The zero-order valence-electron chi connectivity index (χ0n) is 11.8. The number of nitrogens with zero attached hydrogens (tertiary/aromatic N) is 3. The Morgan fingerprint density at radius 1 is 1.45 bits per heavy atom. The Bertz CT molecular complexity index is 670. The van der Waals surface area contributed by atoms with Crippen LogP contribution in [-0.4, -0.2) is 16.7 Å². The van der Waals surface area contributed by atoms with Crippen molar-refractivity contribution in [2.24, 2.45) is 7.05 Å². The lowest BCUT2D eigenvalue weighted by Crippen LogP contribution is -1.97. The second kappa shape index (κ2) is 6.10. The van der Waals surface area contributed by atoms with E-state index in [1.165, 1.54) is 5.56 Å². The minimum absolute atomic E-state index is 0.282. The Morgan fingerprint density at radius 2 is 2.20 bits per heavy atom. The van der Waals surface area contributed by atoms with Crippen molar-refractivity contribution in [2.75, 3.05) is 7.11 Å². The van der Waals surface area contributed by atoms with E-state index in [-0.39, 0.29) is 6.42 Å². The molecule has 0 aliphatic rings. The van der Waals surface area contributed by atoms with Crippen LogP contribution in [0.2, 0.25) is 0 Å². The average Bonchev–Trinajstić information content (AvgIpc) is 2.75. The molecule has 0 amide bonds. The molecular formula is C15H16BrN3O. The van der Waals surface area contributed by atoms with Crippen molar-refractivity contribution in [1.29, 1.82) is 5.26 Å². The fraction of sp³-hybridized carbons (Fsp3) is 0.333. The predicted octanol–water partition coefficient (Wildman–Crippen LogP) is 3.49. The second-order valence-electron chi connectivity index (χ2n) is 4.46. The quantitative estimate of drug-likeness (QED) is 0.860. The van der Waals surface area contributed by atoms with Crippen molar-refractivity contribution in [3.63, 3.8) is 0 Å². The van der Waals surface area contributed by atoms with Crippen LogP contribution in [0.1, 0.15) is 18.2 Å². The number of nitriles is 1. The van der Waals surface area contributed by atoms with E-state index in [9.17, 15) is 0 Å². The van der Waals surface area contributed by atoms with Gasteiger partial charge in [0.05, 0.1) is 30.9 Å². The fourth-order valence-corrected chi connectivity index (χ4v) is 2.51. The summed E-state index contributed by atoms with van der Waals surface area (Å²) in [6, 6.07) is 8.23. The van der Waals surface area contributed by atoms with E-state index in [4.69, 9.17) is 10.00 Å². The SMILES string of the molecule is CCc1ccc(OC)c(-c2nc(CC#N)c(Br)n2C)c1. The zero-order valence-corrected chi connectivity index (χ0v) is 13.4. The Hall–Kier alpha value is -1.80. The fourth-order valence-electron chi connectivity index (χ4n) is 2.11. The Kier molecular flexibility index (Phi) is 4.46. The van der Waals surface area contributed by atoms with Crippen molar-refractivity contribution in [3.8, 4) is 23.2 Å². The standard InChI is InChI=1S/C15H16BrN3O/c1-4-10-5-6-13(20-3)11(9-10)15-18-12(7-8-17)14(16)19(15)2/h5-6,9H,4,7H2,1-3H3. The van der Waals surface area contributed by atoms with Gasteiger partial charge in [-0.25, -0.2) is 4.98 Å². The lowest BCUT2D eigenvalue weighted by Gasteiger charge is -2.10. The minimum atomic E-state index is 0.282. The van der Waals surface area contributed by atoms with Gasteiger partial charge in [0.1, 0.15) is 16.2 Å². The van der Waals surface area contributed by atoms with Gasteiger partial charge in [-0.15, -0.1) is 0 Å². The maximum Gasteiger partial charge on any atom is 0.144 e. The number of imidazole rings is 1. The van der Waals surface area contributed by atoms with E-state index >= 15 is 0 Å². The summed E-state index contributed by atoms with van der Waals surface area (Å²) < 4.78 is 8.20. The summed E-state index contributed by atoms with van der Waals surface area (Å²) in [5.41, 5.74) is 2.91. The van der Waals surface area contributed by atoms with E-state index < -0.39 is 0 Å². The largest absolute Gasteiger partial charge is 0.496 e. The average molecular weight is 334 g/mol. The highest BCUT2D eigenvalue weighted by atomic mass is 79.9. The van der Waals surface area contributed by atoms with Gasteiger partial charge in [-0.3, -0.25) is 0 Å². The number of hydrogen-bond acceptors (Lipinski definition) is 3. The molecule has 4 nitrogen and oxygen atoms in total. The molecule has 0 aliphatic carbocycles. The number of methoxy groups -OCH3 is 1. The number of rotatable bonds is 4. The zero-order chi connectivity index (χ0) is 14.7. The molecule has 0 unspecified atom stereocenters. The topological polar surface area (TPSA) is 50.8 Å². The molecule has 2 rings (SSSR count). The van der Waals surface area contributed by atoms with Crippen molar-refractivity contribution >= 4 is 15.9 Å². The third-order valence-corrected chi connectivity index (χ3v) is 4.24. The smallest absolute Gasteiger partial charge is 0.144 e. The molecule has 1 aromatic carbocycles. The van der Waals surface area contributed by atoms with Crippen molar-refractivity contribution in [1.82, 2.24) is 9.55 Å². The van der Waals surface area contributed by atoms with Crippen molar-refractivity contribution in [2.45, 2.75) is 19.8 Å². The summed E-state index contributed by atoms with van der Waals surface area (Å²) in [6.07, 6.45) is 1.23. The lowest BCUT2D eigenvalue weighted by molar-refractivity contribution is 0.416. The molecule has 1 aromatic heterocycles. The lowest BCUT2D eigenvalue weighted by atomic mass is 10.1. The summed E-state index contributed by atoms with van der Waals surface area (Å²) >= 11 is 3.49. The number of halogens is 1. The molecule has 20 heavy (non-hydrogen) atoms. The van der Waals surface area contributed by atoms with Gasteiger partial charge in [-0.2, -0.15) is 5.26 Å². The van der Waals surface area contributed by atoms with E-state index in [2.05, 4.69) is 46.0 Å². The highest BCUT2D eigenvalue weighted by Gasteiger charge is 2.17. The first kappa shape index (κ1) is 14.6. The van der Waals surface area contributed by atoms with Crippen LogP contribution in [0.25, 0.3) is 11.4 Å². The first-order valence-corrected chi connectivity index (χ1v) is 7.17. The highest BCUT2D eigenvalue weighted by Crippen LogP contribution is 2.33. The van der Waals surface area contributed by atoms with Crippen LogP contribution in [0.5, 0.6) is 5.75 Å². The van der Waals surface area contributed by atoms with Crippen LogP contribution >= 0.6 is 15.9 Å². The van der Waals surface area contributed by atoms with Crippen molar-refractivity contribution < 1.29 is 4.74 Å². The highest BCUT2D eigenvalue weighted by molar-refractivity contribution is 9.10. The molecule has 0 atom stereocenters. The third kappa shape index (κ3) is 2.56. The molecule has 0 fully saturated rings. The molecule has 5 heteroatoms. The third-order valence-electron chi connectivity index (χ3n) is 3.25. The molecule has 0 bridgehead atoms. The molecule has 2 aromatic rings. The van der Waals surface area contributed by atoms with Crippen LogP contribution in [0.4, 0.5) is 0 Å². The maximum absolute atomic E-state index is 8.85. The monoisotopic (exact) mass is 333 g/mol. The van der Waals surface area contributed by atoms with E-state index in [0.29, 0.717) is 0 Å². The maximum atomic E-state index is 8.85. The van der Waals surface area contributed by atoms with Gasteiger partial charge >= 0.3 is 0 Å². The van der Waals surface area contributed by atoms with Gasteiger partial charge in [-0.1, -0.05) is 13.0 Å². The second-order valence-corrected chi connectivity index (χ2v) is 5.21. The summed E-state index contributed by atoms with van der Waals surface area (Å²) in [4.78, 5) is 4.57. The van der Waals surface area contributed by atoms with Crippen LogP contribution in [0.3, 0.4) is 0 Å². The van der Waals surface area contributed by atoms with Crippen LogP contribution in [-0.2, 0) is 19.9 Å². The normalized spacial score (nSPS) is 10.3.